The fourth-order valence-electron chi connectivity index (χ4n) is 5.49. The minimum atomic E-state index is -0.231. The molecule has 176 valence electrons. The molecule has 0 spiro atoms. The highest BCUT2D eigenvalue weighted by Crippen LogP contribution is 2.41. The summed E-state index contributed by atoms with van der Waals surface area (Å²) in [6.45, 7) is 6.20. The number of nitriles is 1. The quantitative estimate of drug-likeness (QED) is 0.589. The van der Waals surface area contributed by atoms with Gasteiger partial charge in [-0.25, -0.2) is 9.37 Å². The van der Waals surface area contributed by atoms with Gasteiger partial charge < -0.3 is 14.2 Å². The van der Waals surface area contributed by atoms with Crippen molar-refractivity contribution in [2.75, 3.05) is 24.6 Å². The van der Waals surface area contributed by atoms with E-state index in [-0.39, 0.29) is 29.5 Å². The average molecular weight is 462 g/mol. The number of hydrogen-bond acceptors (Lipinski definition) is 6. The third-order valence-corrected chi connectivity index (χ3v) is 7.25. The van der Waals surface area contributed by atoms with Crippen molar-refractivity contribution in [1.82, 2.24) is 14.5 Å². The lowest BCUT2D eigenvalue weighted by Crippen LogP contribution is -2.62. The van der Waals surface area contributed by atoms with E-state index in [9.17, 15) is 14.4 Å². The molecular formula is C26H28FN5O2. The smallest absolute Gasteiger partial charge is 0.295 e. The van der Waals surface area contributed by atoms with Crippen LogP contribution in [0.3, 0.4) is 0 Å². The molecule has 34 heavy (non-hydrogen) atoms. The molecule has 1 fully saturated rings. The summed E-state index contributed by atoms with van der Waals surface area (Å²) in [5, 5.41) is 9.43. The van der Waals surface area contributed by atoms with E-state index < -0.39 is 0 Å². The number of hydrogen-bond donors (Lipinski definition) is 0. The molecule has 2 aromatic heterocycles. The first-order valence-electron chi connectivity index (χ1n) is 11.8. The zero-order valence-corrected chi connectivity index (χ0v) is 19.7. The monoisotopic (exact) mass is 461 g/mol. The number of aromatic nitrogens is 2. The van der Waals surface area contributed by atoms with Gasteiger partial charge in [0.05, 0.1) is 11.6 Å². The van der Waals surface area contributed by atoms with E-state index in [4.69, 9.17) is 4.74 Å². The van der Waals surface area contributed by atoms with Crippen LogP contribution < -0.4 is 15.2 Å². The van der Waals surface area contributed by atoms with Crippen molar-refractivity contribution in [3.8, 4) is 11.8 Å². The fraction of sp³-hybridized carbons (Fsp3) is 0.423. The normalized spacial score (nSPS) is 20.9. The van der Waals surface area contributed by atoms with E-state index in [1.54, 1.807) is 19.2 Å². The largest absolute Gasteiger partial charge is 0.484 e. The molecule has 5 rings (SSSR count). The van der Waals surface area contributed by atoms with Gasteiger partial charge in [0.25, 0.3) is 5.56 Å². The summed E-state index contributed by atoms with van der Waals surface area (Å²) in [6, 6.07) is 12.8. The molecule has 0 aliphatic carbocycles. The van der Waals surface area contributed by atoms with Gasteiger partial charge in [-0.1, -0.05) is 26.0 Å². The predicted molar refractivity (Wildman–Crippen MR) is 129 cm³/mol. The van der Waals surface area contributed by atoms with Crippen molar-refractivity contribution in [2.24, 2.45) is 7.05 Å². The van der Waals surface area contributed by atoms with E-state index in [1.165, 1.54) is 16.7 Å². The third kappa shape index (κ3) is 3.51. The van der Waals surface area contributed by atoms with Gasteiger partial charge in [0, 0.05) is 32.2 Å². The molecule has 1 aromatic carbocycles. The molecule has 4 heterocycles. The number of piperazine rings is 1. The number of anilines is 1. The Morgan fingerprint density at radius 2 is 1.97 bits per heavy atom. The maximum Gasteiger partial charge on any atom is 0.295 e. The second kappa shape index (κ2) is 8.73. The Kier molecular flexibility index (Phi) is 5.74. The SMILES string of the molecule is CCC(c1ccc(F)cc1)N1C[C@H]2COc3c(c4nc(C#N)ccc4n(C)c3=O)N2C[C@H]1CC. The Balaban J connectivity index is 1.58. The topological polar surface area (TPSA) is 74.4 Å². The van der Waals surface area contributed by atoms with Crippen molar-refractivity contribution in [3.63, 3.8) is 0 Å². The Bertz CT molecular complexity index is 1330. The highest BCUT2D eigenvalue weighted by atomic mass is 19.1. The minimum absolute atomic E-state index is 0.0349. The maximum atomic E-state index is 13.6. The van der Waals surface area contributed by atoms with E-state index in [0.717, 1.165) is 31.5 Å². The van der Waals surface area contributed by atoms with Crippen LogP contribution in [0.25, 0.3) is 11.0 Å². The molecule has 3 aromatic rings. The number of pyridine rings is 2. The minimum Gasteiger partial charge on any atom is -0.484 e. The molecule has 0 N–H and O–H groups in total. The van der Waals surface area contributed by atoms with Crippen LogP contribution in [0.1, 0.15) is 44.0 Å². The van der Waals surface area contributed by atoms with Gasteiger partial charge in [-0.05, 0) is 42.7 Å². The molecule has 0 radical (unpaired) electrons. The summed E-state index contributed by atoms with van der Waals surface area (Å²) in [4.78, 5) is 22.5. The molecule has 1 saturated heterocycles. The van der Waals surface area contributed by atoms with Crippen LogP contribution in [0.5, 0.6) is 5.75 Å². The van der Waals surface area contributed by atoms with Crippen molar-refractivity contribution >= 4 is 16.7 Å². The number of benzene rings is 1. The molecule has 1 unspecified atom stereocenters. The molecule has 0 saturated carbocycles. The summed E-state index contributed by atoms with van der Waals surface area (Å²) >= 11 is 0. The lowest BCUT2D eigenvalue weighted by molar-refractivity contribution is 0.0720. The first kappa shape index (κ1) is 22.4. The van der Waals surface area contributed by atoms with Gasteiger partial charge in [0.1, 0.15) is 35.4 Å². The maximum absolute atomic E-state index is 13.6. The van der Waals surface area contributed by atoms with Crippen LogP contribution >= 0.6 is 0 Å². The van der Waals surface area contributed by atoms with Gasteiger partial charge in [-0.3, -0.25) is 9.69 Å². The lowest BCUT2D eigenvalue weighted by atomic mass is 9.94. The zero-order chi connectivity index (χ0) is 24.0. The Morgan fingerprint density at radius 3 is 2.65 bits per heavy atom. The number of halogens is 1. The number of aryl methyl sites for hydroxylation is 1. The van der Waals surface area contributed by atoms with Crippen LogP contribution in [-0.4, -0.2) is 46.2 Å². The first-order valence-corrected chi connectivity index (χ1v) is 11.8. The van der Waals surface area contributed by atoms with Crippen molar-refractivity contribution < 1.29 is 9.13 Å². The summed E-state index contributed by atoms with van der Waals surface area (Å²) in [6.07, 6.45) is 1.83. The van der Waals surface area contributed by atoms with Crippen molar-refractivity contribution in [3.05, 3.63) is 63.8 Å². The second-order valence-corrected chi connectivity index (χ2v) is 9.07. The third-order valence-electron chi connectivity index (χ3n) is 7.25. The first-order chi connectivity index (χ1) is 16.5. The van der Waals surface area contributed by atoms with Crippen molar-refractivity contribution in [2.45, 2.75) is 44.8 Å². The molecule has 7 nitrogen and oxygen atoms in total. The molecule has 3 atom stereocenters. The van der Waals surface area contributed by atoms with Gasteiger partial charge in [-0.2, -0.15) is 5.26 Å². The highest BCUT2D eigenvalue weighted by molar-refractivity contribution is 5.93. The highest BCUT2D eigenvalue weighted by Gasteiger charge is 2.42. The standard InChI is InChI=1S/C26H28FN5O2/c1-4-19-13-32-20(14-31(19)21(5-2)16-6-8-17(27)9-7-16)15-34-25-24(32)23-22(30(3)26(25)33)11-10-18(12-28)29-23/h6-11,19-21H,4-5,13-15H2,1-3H3/t19-,20+,21?/m1/s1. The van der Waals surface area contributed by atoms with E-state index in [1.807, 2.05) is 12.1 Å². The van der Waals surface area contributed by atoms with Gasteiger partial charge >= 0.3 is 0 Å². The molecule has 0 amide bonds. The van der Waals surface area contributed by atoms with Crippen LogP contribution in [-0.2, 0) is 7.05 Å². The predicted octanol–water partition coefficient (Wildman–Crippen LogP) is 3.76. The Morgan fingerprint density at radius 1 is 1.21 bits per heavy atom. The summed E-state index contributed by atoms with van der Waals surface area (Å²) in [7, 11) is 1.70. The molecule has 2 aliphatic rings. The Hall–Kier alpha value is -3.44. The van der Waals surface area contributed by atoms with Gasteiger partial charge in [0.2, 0.25) is 5.75 Å². The molecule has 0 bridgehead atoms. The van der Waals surface area contributed by atoms with Crippen LogP contribution in [0.2, 0.25) is 0 Å². The van der Waals surface area contributed by atoms with Crippen LogP contribution in [0.4, 0.5) is 10.1 Å². The second-order valence-electron chi connectivity index (χ2n) is 9.07. The molecule has 2 aliphatic heterocycles. The lowest BCUT2D eigenvalue weighted by Gasteiger charge is -2.51. The van der Waals surface area contributed by atoms with Crippen LogP contribution in [0.15, 0.2) is 41.2 Å². The van der Waals surface area contributed by atoms with Crippen LogP contribution in [0, 0.1) is 17.1 Å². The molecular weight excluding hydrogens is 433 g/mol. The van der Waals surface area contributed by atoms with E-state index in [2.05, 4.69) is 34.7 Å². The summed E-state index contributed by atoms with van der Waals surface area (Å²) in [5.41, 5.74) is 3.21. The van der Waals surface area contributed by atoms with Gasteiger partial charge in [0.15, 0.2) is 0 Å². The summed E-state index contributed by atoms with van der Waals surface area (Å²) in [5.74, 6) is 0.0770. The number of ether oxygens (including phenoxy) is 1. The number of nitrogens with zero attached hydrogens (tertiary/aromatic N) is 5. The number of rotatable bonds is 4. The van der Waals surface area contributed by atoms with E-state index in [0.29, 0.717) is 34.8 Å². The van der Waals surface area contributed by atoms with E-state index >= 15 is 0 Å². The average Bonchev–Trinajstić information content (AvgIpc) is 2.87. The molecule has 8 heteroatoms. The van der Waals surface area contributed by atoms with Crippen molar-refractivity contribution in [1.29, 1.82) is 5.26 Å². The number of fused-ring (bicyclic) bond motifs is 5. The van der Waals surface area contributed by atoms with Gasteiger partial charge in [-0.15, -0.1) is 0 Å². The fourth-order valence-corrected chi connectivity index (χ4v) is 5.49. The summed E-state index contributed by atoms with van der Waals surface area (Å²) < 4.78 is 21.2. The zero-order valence-electron chi connectivity index (χ0n) is 19.7. The Labute approximate surface area is 198 Å².